The molecule has 0 fully saturated rings. The first-order valence-electron chi connectivity index (χ1n) is 16.0. The lowest BCUT2D eigenvalue weighted by Gasteiger charge is -2.38. The fourth-order valence-electron chi connectivity index (χ4n) is 7.85. The Balaban J connectivity index is 1.57. The summed E-state index contributed by atoms with van der Waals surface area (Å²) in [6.45, 7) is 0. The van der Waals surface area contributed by atoms with Crippen molar-refractivity contribution in [2.75, 3.05) is 4.90 Å². The fraction of sp³-hybridized carbons (Fsp3) is 0.0222. The first-order valence-corrected chi connectivity index (χ1v) is 16.0. The number of anilines is 3. The number of nitrogens with zero attached hydrogens (tertiary/aromatic N) is 1. The van der Waals surface area contributed by atoms with E-state index in [0.29, 0.717) is 0 Å². The van der Waals surface area contributed by atoms with Crippen LogP contribution in [-0.4, -0.2) is 0 Å². The van der Waals surface area contributed by atoms with Crippen LogP contribution in [0.5, 0.6) is 0 Å². The van der Waals surface area contributed by atoms with Crippen LogP contribution in [-0.2, 0) is 5.41 Å². The summed E-state index contributed by atoms with van der Waals surface area (Å²) in [6.07, 6.45) is 0. The molecule has 0 saturated heterocycles. The van der Waals surface area contributed by atoms with Gasteiger partial charge in [-0.05, 0) is 74.3 Å². The van der Waals surface area contributed by atoms with Crippen LogP contribution in [0, 0.1) is 0 Å². The van der Waals surface area contributed by atoms with Crippen LogP contribution in [0.2, 0.25) is 0 Å². The van der Waals surface area contributed by atoms with Gasteiger partial charge in [0.1, 0.15) is 0 Å². The molecule has 1 aliphatic carbocycles. The molecule has 1 aliphatic rings. The lowest BCUT2D eigenvalue weighted by Crippen LogP contribution is -2.30. The molecule has 0 amide bonds. The predicted octanol–water partition coefficient (Wildman–Crippen LogP) is 11.8. The van der Waals surface area contributed by atoms with Crippen molar-refractivity contribution in [1.82, 2.24) is 0 Å². The van der Waals surface area contributed by atoms with E-state index in [9.17, 15) is 0 Å². The maximum Gasteiger partial charge on any atom is 0.0734 e. The molecule has 0 unspecified atom stereocenters. The minimum absolute atomic E-state index is 0.559. The molecule has 1 heteroatoms. The maximum atomic E-state index is 2.50. The number of hydrogen-bond acceptors (Lipinski definition) is 1. The Hall–Kier alpha value is -5.92. The van der Waals surface area contributed by atoms with Gasteiger partial charge in [0.15, 0.2) is 0 Å². The van der Waals surface area contributed by atoms with Crippen molar-refractivity contribution >= 4 is 38.6 Å². The summed E-state index contributed by atoms with van der Waals surface area (Å²) in [5.41, 5.74) is 10.6. The van der Waals surface area contributed by atoms with E-state index in [0.717, 1.165) is 11.4 Å². The lowest BCUT2D eigenvalue weighted by atomic mass is 9.66. The summed E-state index contributed by atoms with van der Waals surface area (Å²) < 4.78 is 0. The molecule has 9 rings (SSSR count). The first-order chi connectivity index (χ1) is 22.9. The molecular formula is C45H31N. The topological polar surface area (TPSA) is 3.24 Å². The highest BCUT2D eigenvalue weighted by atomic mass is 15.1. The van der Waals surface area contributed by atoms with Crippen LogP contribution < -0.4 is 4.90 Å². The third-order valence-corrected chi connectivity index (χ3v) is 9.67. The molecule has 8 aromatic rings. The van der Waals surface area contributed by atoms with Gasteiger partial charge in [-0.2, -0.15) is 0 Å². The van der Waals surface area contributed by atoms with Gasteiger partial charge in [-0.15, -0.1) is 0 Å². The van der Waals surface area contributed by atoms with Crippen molar-refractivity contribution in [2.45, 2.75) is 5.41 Å². The van der Waals surface area contributed by atoms with Crippen molar-refractivity contribution in [1.29, 1.82) is 0 Å². The molecule has 46 heavy (non-hydrogen) atoms. The molecular weight excluding hydrogens is 555 g/mol. The second kappa shape index (κ2) is 10.6. The Morgan fingerprint density at radius 2 is 0.891 bits per heavy atom. The van der Waals surface area contributed by atoms with E-state index in [-0.39, 0.29) is 0 Å². The number of rotatable bonds is 5. The summed E-state index contributed by atoms with van der Waals surface area (Å²) in [5.74, 6) is 0. The van der Waals surface area contributed by atoms with E-state index in [1.807, 2.05) is 0 Å². The minimum Gasteiger partial charge on any atom is -0.309 e. The predicted molar refractivity (Wildman–Crippen MR) is 193 cm³/mol. The maximum absolute atomic E-state index is 2.50. The lowest BCUT2D eigenvalue weighted by molar-refractivity contribution is 0.769. The standard InChI is InChI=1S/C45H31N/c1-5-18-34(19-6-1)45(35-20-7-2-8-21-35)41-28-16-15-27-39(41)40-31-33-30-29-32-17-13-14-26-38(32)42(33)44(43(40)45)46(36-22-9-3-10-23-36)37-24-11-4-12-25-37/h1-31H. The number of para-hydroxylation sites is 2. The fourth-order valence-corrected chi connectivity index (χ4v) is 7.85. The summed E-state index contributed by atoms with van der Waals surface area (Å²) in [5, 5.41) is 4.98. The van der Waals surface area contributed by atoms with Crippen molar-refractivity contribution in [3.05, 3.63) is 210 Å². The molecule has 1 nitrogen and oxygen atoms in total. The highest BCUT2D eigenvalue weighted by molar-refractivity contribution is 6.19. The third kappa shape index (κ3) is 3.82. The van der Waals surface area contributed by atoms with Crippen molar-refractivity contribution < 1.29 is 0 Å². The Morgan fingerprint density at radius 3 is 1.52 bits per heavy atom. The zero-order valence-electron chi connectivity index (χ0n) is 25.3. The van der Waals surface area contributed by atoms with E-state index in [1.165, 1.54) is 60.6 Å². The molecule has 0 N–H and O–H groups in total. The minimum atomic E-state index is -0.559. The first kappa shape index (κ1) is 26.5. The molecule has 0 heterocycles. The van der Waals surface area contributed by atoms with Gasteiger partial charge in [-0.25, -0.2) is 0 Å². The Morgan fingerprint density at radius 1 is 0.391 bits per heavy atom. The van der Waals surface area contributed by atoms with E-state index >= 15 is 0 Å². The van der Waals surface area contributed by atoms with Gasteiger partial charge < -0.3 is 4.90 Å². The Kier molecular flexibility index (Phi) is 6.11. The zero-order valence-corrected chi connectivity index (χ0v) is 25.3. The largest absolute Gasteiger partial charge is 0.309 e. The number of benzene rings is 8. The van der Waals surface area contributed by atoms with Crippen LogP contribution in [0.3, 0.4) is 0 Å². The average Bonchev–Trinajstić information content (AvgIpc) is 3.44. The molecule has 0 saturated carbocycles. The average molecular weight is 586 g/mol. The molecule has 0 bridgehead atoms. The van der Waals surface area contributed by atoms with Crippen LogP contribution in [0.15, 0.2) is 188 Å². The molecule has 0 atom stereocenters. The van der Waals surface area contributed by atoms with Gasteiger partial charge in [0, 0.05) is 22.3 Å². The van der Waals surface area contributed by atoms with Gasteiger partial charge in [0.25, 0.3) is 0 Å². The zero-order chi connectivity index (χ0) is 30.5. The SMILES string of the molecule is c1ccc(N(c2ccccc2)c2c3c(cc4ccc5ccccc5c24)-c2ccccc2C3(c2ccccc2)c2ccccc2)cc1. The van der Waals surface area contributed by atoms with Crippen LogP contribution in [0.1, 0.15) is 22.3 Å². The van der Waals surface area contributed by atoms with Crippen LogP contribution in [0.4, 0.5) is 17.1 Å². The molecule has 216 valence electrons. The monoisotopic (exact) mass is 585 g/mol. The summed E-state index contributed by atoms with van der Waals surface area (Å²) in [6, 6.07) is 68.8. The van der Waals surface area contributed by atoms with Gasteiger partial charge in [-0.1, -0.05) is 158 Å². The molecule has 0 aromatic heterocycles. The summed E-state index contributed by atoms with van der Waals surface area (Å²) in [4.78, 5) is 2.50. The normalized spacial score (nSPS) is 13.0. The highest BCUT2D eigenvalue weighted by Crippen LogP contribution is 2.62. The van der Waals surface area contributed by atoms with Gasteiger partial charge in [-0.3, -0.25) is 0 Å². The quantitative estimate of drug-likeness (QED) is 0.182. The number of hydrogen-bond donors (Lipinski definition) is 0. The van der Waals surface area contributed by atoms with Crippen LogP contribution in [0.25, 0.3) is 32.7 Å². The number of fused-ring (bicyclic) bond motifs is 6. The molecule has 8 aromatic carbocycles. The highest BCUT2D eigenvalue weighted by Gasteiger charge is 2.49. The molecule has 0 spiro atoms. The van der Waals surface area contributed by atoms with E-state index in [4.69, 9.17) is 0 Å². The van der Waals surface area contributed by atoms with Crippen molar-refractivity contribution in [3.63, 3.8) is 0 Å². The van der Waals surface area contributed by atoms with E-state index in [2.05, 4.69) is 193 Å². The Labute approximate surface area is 269 Å². The second-order valence-electron chi connectivity index (χ2n) is 12.1. The summed E-state index contributed by atoms with van der Waals surface area (Å²) in [7, 11) is 0. The van der Waals surface area contributed by atoms with E-state index in [1.54, 1.807) is 0 Å². The van der Waals surface area contributed by atoms with Crippen molar-refractivity contribution in [2.24, 2.45) is 0 Å². The smallest absolute Gasteiger partial charge is 0.0734 e. The molecule has 0 aliphatic heterocycles. The van der Waals surface area contributed by atoms with E-state index < -0.39 is 5.41 Å². The molecule has 0 radical (unpaired) electrons. The van der Waals surface area contributed by atoms with Gasteiger partial charge >= 0.3 is 0 Å². The van der Waals surface area contributed by atoms with Gasteiger partial charge in [0.2, 0.25) is 0 Å². The van der Waals surface area contributed by atoms with Crippen LogP contribution >= 0.6 is 0 Å². The summed E-state index contributed by atoms with van der Waals surface area (Å²) >= 11 is 0. The second-order valence-corrected chi connectivity index (χ2v) is 12.1. The van der Waals surface area contributed by atoms with Gasteiger partial charge in [0.05, 0.1) is 11.1 Å². The van der Waals surface area contributed by atoms with Crippen molar-refractivity contribution in [3.8, 4) is 11.1 Å². The Bertz CT molecular complexity index is 2260. The third-order valence-electron chi connectivity index (χ3n) is 9.67.